The molecular weight excluding hydrogens is 679 g/mol. The Morgan fingerprint density at radius 2 is 1.88 bits per heavy atom. The summed E-state index contributed by atoms with van der Waals surface area (Å²) in [7, 11) is 0. The van der Waals surface area contributed by atoms with Crippen LogP contribution in [0.2, 0.25) is 10.0 Å². The van der Waals surface area contributed by atoms with Crippen molar-refractivity contribution in [2.75, 3.05) is 18.5 Å². The molecule has 0 saturated carbocycles. The lowest BCUT2D eigenvalue weighted by molar-refractivity contribution is 0.0885. The maximum Gasteiger partial charge on any atom is 0.262 e. The standard InChI is InChI=1S/C22H17Cl2I2N3O3/c23-18-8-6-15(13-17(18)20-4-1-2-9-27-20)28-21(30)16-7-5-14(12-19(16)24)22(31)29(25)10-3-11-32-26/h1-2,4-9,12-13H,3,10-11H2,(H,28,30). The number of rotatable bonds is 8. The van der Waals surface area contributed by atoms with Crippen molar-refractivity contribution in [1.82, 2.24) is 8.10 Å². The first-order valence-corrected chi connectivity index (χ1v) is 12.0. The van der Waals surface area contributed by atoms with Gasteiger partial charge < -0.3 is 8.38 Å². The third-order valence-corrected chi connectivity index (χ3v) is 6.43. The topological polar surface area (TPSA) is 71.5 Å². The summed E-state index contributed by atoms with van der Waals surface area (Å²) in [5.74, 6) is -0.584. The number of pyridine rings is 1. The summed E-state index contributed by atoms with van der Waals surface area (Å²) >= 11 is 16.4. The van der Waals surface area contributed by atoms with Gasteiger partial charge >= 0.3 is 0 Å². The lowest BCUT2D eigenvalue weighted by atomic mass is 10.1. The summed E-state index contributed by atoms with van der Waals surface area (Å²) in [6, 6.07) is 15.3. The smallest absolute Gasteiger partial charge is 0.262 e. The van der Waals surface area contributed by atoms with Gasteiger partial charge in [-0.3, -0.25) is 17.7 Å². The Balaban J connectivity index is 1.74. The molecule has 0 bridgehead atoms. The summed E-state index contributed by atoms with van der Waals surface area (Å²) in [5.41, 5.74) is 2.61. The Labute approximate surface area is 223 Å². The summed E-state index contributed by atoms with van der Waals surface area (Å²) in [4.78, 5) is 29.7. The molecular formula is C22H17Cl2I2N3O3. The second-order valence-electron chi connectivity index (χ2n) is 6.62. The highest BCUT2D eigenvalue weighted by atomic mass is 127. The SMILES string of the molecule is O=C(Nc1ccc(Cl)c(-c2ccccn2)c1)c1ccc(C(=O)N(I)CCCOI)cc1Cl. The number of anilines is 1. The zero-order valence-corrected chi connectivity index (χ0v) is 22.4. The lowest BCUT2D eigenvalue weighted by Crippen LogP contribution is -2.23. The van der Waals surface area contributed by atoms with E-state index in [0.717, 1.165) is 0 Å². The van der Waals surface area contributed by atoms with Crippen molar-refractivity contribution >= 4 is 86.6 Å². The van der Waals surface area contributed by atoms with Gasteiger partial charge in [-0.15, -0.1) is 0 Å². The Morgan fingerprint density at radius 1 is 1.06 bits per heavy atom. The predicted octanol–water partition coefficient (Wildman–Crippen LogP) is 6.86. The van der Waals surface area contributed by atoms with Gasteiger partial charge in [0.15, 0.2) is 0 Å². The lowest BCUT2D eigenvalue weighted by Gasteiger charge is -2.15. The summed E-state index contributed by atoms with van der Waals surface area (Å²) < 4.78 is 6.54. The number of halogens is 4. The van der Waals surface area contributed by atoms with Gasteiger partial charge in [0, 0.05) is 29.6 Å². The average molecular weight is 696 g/mol. The molecule has 0 atom stereocenters. The van der Waals surface area contributed by atoms with Gasteiger partial charge in [-0.25, -0.2) is 0 Å². The highest BCUT2D eigenvalue weighted by Crippen LogP contribution is 2.30. The van der Waals surface area contributed by atoms with E-state index in [4.69, 9.17) is 26.3 Å². The molecule has 2 aromatic carbocycles. The fraction of sp³-hybridized carbons (Fsp3) is 0.136. The van der Waals surface area contributed by atoms with Crippen LogP contribution in [0.25, 0.3) is 11.3 Å². The number of hydrogen-bond acceptors (Lipinski definition) is 4. The summed E-state index contributed by atoms with van der Waals surface area (Å²) in [6.45, 7) is 1.09. The minimum absolute atomic E-state index is 0.188. The first kappa shape index (κ1) is 25.2. The van der Waals surface area contributed by atoms with Crippen LogP contribution in [0.5, 0.6) is 0 Å². The predicted molar refractivity (Wildman–Crippen MR) is 144 cm³/mol. The van der Waals surface area contributed by atoms with E-state index >= 15 is 0 Å². The normalized spacial score (nSPS) is 10.6. The third-order valence-electron chi connectivity index (χ3n) is 4.42. The van der Waals surface area contributed by atoms with Crippen molar-refractivity contribution in [2.24, 2.45) is 0 Å². The summed E-state index contributed by atoms with van der Waals surface area (Å²) in [6.07, 6.45) is 2.39. The fourth-order valence-electron chi connectivity index (χ4n) is 2.85. The van der Waals surface area contributed by atoms with E-state index < -0.39 is 5.91 Å². The van der Waals surface area contributed by atoms with Gasteiger partial charge in [0.25, 0.3) is 11.8 Å². The van der Waals surface area contributed by atoms with E-state index in [2.05, 4.69) is 10.3 Å². The van der Waals surface area contributed by atoms with Crippen molar-refractivity contribution in [2.45, 2.75) is 6.42 Å². The number of nitrogens with one attached hydrogen (secondary N) is 1. The van der Waals surface area contributed by atoms with Crippen LogP contribution in [0.3, 0.4) is 0 Å². The van der Waals surface area contributed by atoms with Crippen LogP contribution in [0.15, 0.2) is 60.8 Å². The molecule has 10 heteroatoms. The number of hydrogen-bond donors (Lipinski definition) is 1. The third kappa shape index (κ3) is 6.53. The molecule has 0 saturated heterocycles. The van der Waals surface area contributed by atoms with E-state index in [1.807, 2.05) is 64.1 Å². The van der Waals surface area contributed by atoms with Crippen molar-refractivity contribution < 1.29 is 12.7 Å². The zero-order chi connectivity index (χ0) is 23.1. The molecule has 0 aliphatic carbocycles. The molecule has 32 heavy (non-hydrogen) atoms. The monoisotopic (exact) mass is 695 g/mol. The molecule has 0 spiro atoms. The van der Waals surface area contributed by atoms with Gasteiger partial charge in [-0.2, -0.15) is 0 Å². The molecule has 0 aliphatic heterocycles. The molecule has 0 radical (unpaired) electrons. The minimum Gasteiger partial charge on any atom is -0.322 e. The maximum atomic E-state index is 12.8. The molecule has 0 aliphatic rings. The number of carbonyl (C=O) groups excluding carboxylic acids is 2. The Hall–Kier alpha value is -1.47. The molecule has 1 heterocycles. The van der Waals surface area contributed by atoms with Crippen LogP contribution in [-0.4, -0.2) is 33.1 Å². The average Bonchev–Trinajstić information content (AvgIpc) is 2.80. The van der Waals surface area contributed by atoms with Crippen LogP contribution in [-0.2, 0) is 3.07 Å². The van der Waals surface area contributed by atoms with Gasteiger partial charge in [-0.05, 0) is 55.0 Å². The molecule has 2 amide bonds. The molecule has 166 valence electrons. The first-order valence-electron chi connectivity index (χ1n) is 9.43. The van der Waals surface area contributed by atoms with E-state index in [1.54, 1.807) is 39.6 Å². The van der Waals surface area contributed by atoms with E-state index in [-0.39, 0.29) is 16.5 Å². The zero-order valence-electron chi connectivity index (χ0n) is 16.5. The largest absolute Gasteiger partial charge is 0.322 e. The van der Waals surface area contributed by atoms with Crippen LogP contribution in [0.4, 0.5) is 5.69 Å². The number of amides is 2. The molecule has 1 N–H and O–H groups in total. The maximum absolute atomic E-state index is 12.8. The highest BCUT2D eigenvalue weighted by molar-refractivity contribution is 14.1. The first-order chi connectivity index (χ1) is 15.4. The van der Waals surface area contributed by atoms with Crippen LogP contribution in [0, 0.1) is 0 Å². The van der Waals surface area contributed by atoms with Crippen molar-refractivity contribution in [1.29, 1.82) is 0 Å². The molecule has 1 aromatic heterocycles. The van der Waals surface area contributed by atoms with Crippen LogP contribution < -0.4 is 5.32 Å². The van der Waals surface area contributed by atoms with Crippen LogP contribution in [0.1, 0.15) is 27.1 Å². The minimum atomic E-state index is -0.395. The number of nitrogens with zero attached hydrogens (tertiary/aromatic N) is 2. The fourth-order valence-corrected chi connectivity index (χ4v) is 4.26. The second-order valence-corrected chi connectivity index (χ2v) is 9.22. The quantitative estimate of drug-likeness (QED) is 0.159. The Kier molecular flexibility index (Phi) is 9.53. The van der Waals surface area contributed by atoms with Gasteiger partial charge in [-0.1, -0.05) is 29.3 Å². The van der Waals surface area contributed by atoms with Crippen molar-refractivity contribution in [3.63, 3.8) is 0 Å². The number of carbonyl (C=O) groups is 2. The molecule has 0 fully saturated rings. The number of aromatic nitrogens is 1. The molecule has 3 rings (SSSR count). The van der Waals surface area contributed by atoms with Gasteiger partial charge in [0.1, 0.15) is 23.0 Å². The van der Waals surface area contributed by atoms with Gasteiger partial charge in [0.05, 0.1) is 50.8 Å². The Morgan fingerprint density at radius 3 is 2.56 bits per heavy atom. The van der Waals surface area contributed by atoms with Gasteiger partial charge in [0.2, 0.25) is 0 Å². The van der Waals surface area contributed by atoms with Crippen molar-refractivity contribution in [3.05, 3.63) is 82.0 Å². The highest BCUT2D eigenvalue weighted by Gasteiger charge is 2.18. The molecule has 6 nitrogen and oxygen atoms in total. The summed E-state index contributed by atoms with van der Waals surface area (Å²) in [5, 5.41) is 3.53. The van der Waals surface area contributed by atoms with E-state index in [1.165, 1.54) is 6.07 Å². The second kappa shape index (κ2) is 12.1. The number of benzene rings is 2. The van der Waals surface area contributed by atoms with Crippen molar-refractivity contribution in [3.8, 4) is 11.3 Å². The molecule has 3 aromatic rings. The molecule has 0 unspecified atom stereocenters. The van der Waals surface area contributed by atoms with Crippen LogP contribution >= 0.6 is 69.1 Å². The van der Waals surface area contributed by atoms with E-state index in [0.29, 0.717) is 47.1 Å². The van der Waals surface area contributed by atoms with E-state index in [9.17, 15) is 9.59 Å². The Bertz CT molecular complexity index is 1120.